The second-order valence-electron chi connectivity index (χ2n) is 2.95. The van der Waals surface area contributed by atoms with Gasteiger partial charge in [-0.2, -0.15) is 20.8 Å². The van der Waals surface area contributed by atoms with Crippen LogP contribution in [0.15, 0.2) is 11.6 Å². The van der Waals surface area contributed by atoms with Crippen LogP contribution in [-0.4, -0.2) is 0 Å². The molecule has 0 aliphatic carbocycles. The number of rotatable bonds is 3. The summed E-state index contributed by atoms with van der Waals surface area (Å²) in [5.74, 6) is 0.579. The minimum Gasteiger partial charge on any atom is -0.518 e. The molecule has 1 heteroatoms. The Morgan fingerprint density at radius 1 is 1.46 bits per heavy atom. The average Bonchev–Trinajstić information content (AvgIpc) is 2.01. The Bertz CT molecular complexity index is 123. The molecule has 0 aliphatic rings. The first kappa shape index (κ1) is 19.3. The Kier molecular flexibility index (Phi) is 22.5. The standard InChI is InChI=1S/C9H14.C3H7.La/c1-5-7-9(6-2)8(3)4;1-3-2;/h1,5,8H,7H2,2-4H3;3H,1-2H3;/q-2;-1;+3. The molecular weight excluding hydrogens is 283 g/mol. The van der Waals surface area contributed by atoms with E-state index >= 15 is 0 Å². The summed E-state index contributed by atoms with van der Waals surface area (Å²) in [6.07, 6.45) is 7.65. The van der Waals surface area contributed by atoms with E-state index in [9.17, 15) is 0 Å². The third kappa shape index (κ3) is 15.4. The Morgan fingerprint density at radius 2 is 1.85 bits per heavy atom. The van der Waals surface area contributed by atoms with Gasteiger partial charge >= 0.3 is 35.6 Å². The molecular formula is C12H21La. The van der Waals surface area contributed by atoms with E-state index in [2.05, 4.69) is 19.9 Å². The first-order valence-corrected chi connectivity index (χ1v) is 4.44. The van der Waals surface area contributed by atoms with E-state index in [1.165, 1.54) is 5.57 Å². The minimum atomic E-state index is 0. The largest absolute Gasteiger partial charge is 3.00 e. The molecule has 0 aromatic carbocycles. The van der Waals surface area contributed by atoms with Crippen LogP contribution in [0.4, 0.5) is 0 Å². The maximum atomic E-state index is 5.26. The van der Waals surface area contributed by atoms with Crippen LogP contribution in [0.5, 0.6) is 0 Å². The van der Waals surface area contributed by atoms with E-state index < -0.39 is 0 Å². The molecule has 0 spiro atoms. The van der Waals surface area contributed by atoms with Gasteiger partial charge in [0.2, 0.25) is 0 Å². The molecule has 13 heavy (non-hydrogen) atoms. The average molecular weight is 304 g/mol. The van der Waals surface area contributed by atoms with Crippen molar-refractivity contribution in [1.29, 1.82) is 0 Å². The monoisotopic (exact) mass is 304 g/mol. The molecule has 0 rings (SSSR count). The van der Waals surface area contributed by atoms with E-state index in [-0.39, 0.29) is 35.6 Å². The first-order chi connectivity index (χ1) is 5.63. The summed E-state index contributed by atoms with van der Waals surface area (Å²) < 4.78 is 0. The van der Waals surface area contributed by atoms with Crippen molar-refractivity contribution in [2.24, 2.45) is 5.92 Å². The Morgan fingerprint density at radius 3 is 1.92 bits per heavy atom. The summed E-state index contributed by atoms with van der Waals surface area (Å²) in [6.45, 7) is 15.5. The smallest absolute Gasteiger partial charge is 0.518 e. The topological polar surface area (TPSA) is 0 Å². The van der Waals surface area contributed by atoms with Crippen molar-refractivity contribution in [1.82, 2.24) is 0 Å². The first-order valence-electron chi connectivity index (χ1n) is 4.44. The van der Waals surface area contributed by atoms with Gasteiger partial charge in [-0.3, -0.25) is 11.6 Å². The summed E-state index contributed by atoms with van der Waals surface area (Å²) in [6, 6.07) is 0. The van der Waals surface area contributed by atoms with E-state index in [4.69, 9.17) is 6.58 Å². The molecule has 0 aromatic rings. The van der Waals surface area contributed by atoms with Crippen LogP contribution in [0.25, 0.3) is 0 Å². The van der Waals surface area contributed by atoms with Gasteiger partial charge in [-0.15, -0.1) is 0 Å². The maximum absolute atomic E-state index is 5.26. The summed E-state index contributed by atoms with van der Waals surface area (Å²) in [5.41, 5.74) is 1.29. The zero-order chi connectivity index (χ0) is 9.98. The summed E-state index contributed by atoms with van der Waals surface area (Å²) >= 11 is 0. The molecule has 0 radical (unpaired) electrons. The van der Waals surface area contributed by atoms with Crippen molar-refractivity contribution >= 4 is 0 Å². The van der Waals surface area contributed by atoms with Gasteiger partial charge in [0, 0.05) is 0 Å². The third-order valence-corrected chi connectivity index (χ3v) is 1.36. The van der Waals surface area contributed by atoms with E-state index in [0.29, 0.717) is 5.92 Å². The molecule has 0 atom stereocenters. The van der Waals surface area contributed by atoms with Crippen LogP contribution in [0.3, 0.4) is 0 Å². The second kappa shape index (κ2) is 15.2. The normalized spacial score (nSPS) is 9.85. The molecule has 0 N–H and O–H groups in total. The van der Waals surface area contributed by atoms with Gasteiger partial charge in [-0.25, -0.2) is 0 Å². The quantitative estimate of drug-likeness (QED) is 0.691. The Hall–Kier alpha value is 0.675. The van der Waals surface area contributed by atoms with Crippen molar-refractivity contribution in [2.45, 2.75) is 41.0 Å². The fourth-order valence-electron chi connectivity index (χ4n) is 0.753. The van der Waals surface area contributed by atoms with Crippen LogP contribution < -0.4 is 0 Å². The van der Waals surface area contributed by atoms with Crippen LogP contribution >= 0.6 is 0 Å². The second-order valence-corrected chi connectivity index (χ2v) is 2.95. The molecule has 0 amide bonds. The van der Waals surface area contributed by atoms with E-state index in [1.54, 1.807) is 6.08 Å². The van der Waals surface area contributed by atoms with Gasteiger partial charge < -0.3 is 19.1 Å². The van der Waals surface area contributed by atoms with Crippen molar-refractivity contribution in [3.63, 3.8) is 0 Å². The number of hydrogen-bond acceptors (Lipinski definition) is 0. The van der Waals surface area contributed by atoms with Gasteiger partial charge in [-0.1, -0.05) is 26.2 Å². The third-order valence-electron chi connectivity index (χ3n) is 1.36. The van der Waals surface area contributed by atoms with Gasteiger partial charge in [0.15, 0.2) is 0 Å². The summed E-state index contributed by atoms with van der Waals surface area (Å²) in [5, 5.41) is 0. The maximum Gasteiger partial charge on any atom is 3.00 e. The van der Waals surface area contributed by atoms with Crippen LogP contribution in [0, 0.1) is 60.6 Å². The molecule has 0 saturated carbocycles. The summed E-state index contributed by atoms with van der Waals surface area (Å²) in [7, 11) is 0. The minimum absolute atomic E-state index is 0. The van der Waals surface area contributed by atoms with Crippen molar-refractivity contribution in [2.75, 3.05) is 0 Å². The number of allylic oxidation sites excluding steroid dienone is 3. The van der Waals surface area contributed by atoms with Crippen molar-refractivity contribution < 1.29 is 35.6 Å². The Labute approximate surface area is 112 Å². The SMILES string of the molecule is C[CH-]C.[CH-]=CCC(=[C-]C)C(C)C.[La+3]. The number of hydrogen-bond donors (Lipinski definition) is 0. The molecule has 0 nitrogen and oxygen atoms in total. The molecule has 0 aromatic heterocycles. The van der Waals surface area contributed by atoms with Crippen LogP contribution in [0.1, 0.15) is 41.0 Å². The Balaban J connectivity index is -0.000000220. The van der Waals surface area contributed by atoms with Crippen LogP contribution in [0.2, 0.25) is 0 Å². The summed E-state index contributed by atoms with van der Waals surface area (Å²) in [4.78, 5) is 0. The van der Waals surface area contributed by atoms with Gasteiger partial charge in [0.05, 0.1) is 0 Å². The molecule has 0 fully saturated rings. The van der Waals surface area contributed by atoms with Crippen molar-refractivity contribution in [3.05, 3.63) is 30.7 Å². The van der Waals surface area contributed by atoms with Gasteiger partial charge in [0.25, 0.3) is 0 Å². The predicted molar refractivity (Wildman–Crippen MR) is 56.4 cm³/mol. The molecule has 0 unspecified atom stereocenters. The molecule has 0 aliphatic heterocycles. The van der Waals surface area contributed by atoms with Gasteiger partial charge in [-0.05, 0) is 0 Å². The van der Waals surface area contributed by atoms with E-state index in [0.717, 1.165) is 6.42 Å². The predicted octanol–water partition coefficient (Wildman–Crippen LogP) is 4.00. The van der Waals surface area contributed by atoms with Gasteiger partial charge in [0.1, 0.15) is 0 Å². The molecule has 0 saturated heterocycles. The van der Waals surface area contributed by atoms with E-state index in [1.807, 2.05) is 27.2 Å². The fourth-order valence-corrected chi connectivity index (χ4v) is 0.753. The molecule has 0 bridgehead atoms. The molecule has 0 heterocycles. The fraction of sp³-hybridized carbons (Fsp3) is 0.583. The zero-order valence-electron chi connectivity index (χ0n) is 9.59. The van der Waals surface area contributed by atoms with Crippen LogP contribution in [-0.2, 0) is 0 Å². The zero-order valence-corrected chi connectivity index (χ0v) is 13.2. The van der Waals surface area contributed by atoms with Crippen molar-refractivity contribution in [3.8, 4) is 0 Å². The molecule has 72 valence electrons.